The van der Waals surface area contributed by atoms with Crippen LogP contribution in [0.1, 0.15) is 160 Å². The number of nitrogens with zero attached hydrogens (tertiary/aromatic N) is 2. The second-order valence-corrected chi connectivity index (χ2v) is 31.9. The van der Waals surface area contributed by atoms with E-state index in [1.807, 2.05) is 22.8 Å². The molecule has 2 aromatic rings. The maximum absolute atomic E-state index is 14.6. The molecule has 0 saturated heterocycles. The van der Waals surface area contributed by atoms with Crippen molar-refractivity contribution in [1.82, 2.24) is 58.5 Å². The monoisotopic (exact) mass is 1810 g/mol. The SMILES string of the molecule is CC(C)(C)C(=O)CN1C(=O)[C@@H](NC(=O)Nc2cccc(C(=O)NCCCCCCCC(=O)N[C@H](CCC(=O)O)C(=O)N[C@H](CCC(=O)NC[C@@H](O)[C@H](O)[C@@H](O)[C@H](O)CO)C(=O)N[C@H](CCC(=O)O)C(=O)N[C@H](CCC(=O)NC[C@@H](O)[C@H](O)[C@@H](O)[C@H](O)CO)C(=O)NC[C@H](N)C(=O)N[C@@H](CC(=O)O)C(=O)N[C@@H](CS)C(=O)O)c2)CN(C2CCCCC2)c2ccccc21. The molecular formula is C79H121N15O31S. The van der Waals surface area contributed by atoms with Crippen molar-refractivity contribution >= 4 is 130 Å². The average molecular weight is 1810 g/mol. The number of ketones is 1. The fourth-order valence-corrected chi connectivity index (χ4v) is 13.3. The van der Waals surface area contributed by atoms with Gasteiger partial charge in [0.1, 0.15) is 85.0 Å². The molecule has 2 aliphatic rings. The number of nitrogens with two attached hydrogens (primary N) is 1. The van der Waals surface area contributed by atoms with Crippen molar-refractivity contribution < 1.29 is 153 Å². The Balaban J connectivity index is 1.50. The number of hydrogen-bond acceptors (Lipinski definition) is 30. The van der Waals surface area contributed by atoms with Crippen molar-refractivity contribution in [3.05, 3.63) is 54.1 Å². The molecule has 0 unspecified atom stereocenters. The Kier molecular flexibility index (Phi) is 46.3. The molecule has 46 nitrogen and oxygen atoms in total. The van der Waals surface area contributed by atoms with Crippen molar-refractivity contribution in [2.24, 2.45) is 11.1 Å². The summed E-state index contributed by atoms with van der Waals surface area (Å²) >= 11 is 3.81. The van der Waals surface area contributed by atoms with Crippen LogP contribution in [0.2, 0.25) is 0 Å². The third kappa shape index (κ3) is 37.0. The van der Waals surface area contributed by atoms with Gasteiger partial charge in [-0.15, -0.1) is 0 Å². The molecule has 1 saturated carbocycles. The largest absolute Gasteiger partial charge is 0.481 e. The first-order valence-electron chi connectivity index (χ1n) is 41.1. The van der Waals surface area contributed by atoms with Gasteiger partial charge in [-0.2, -0.15) is 12.6 Å². The van der Waals surface area contributed by atoms with Gasteiger partial charge in [0.2, 0.25) is 53.2 Å². The summed E-state index contributed by atoms with van der Waals surface area (Å²) in [5.74, 6) is -19.0. The van der Waals surface area contributed by atoms with E-state index >= 15 is 0 Å². The van der Waals surface area contributed by atoms with E-state index in [9.17, 15) is 148 Å². The van der Waals surface area contributed by atoms with Gasteiger partial charge in [0.15, 0.2) is 5.78 Å². The van der Waals surface area contributed by atoms with Gasteiger partial charge in [-0.05, 0) is 81.7 Å². The smallest absolute Gasteiger partial charge is 0.327 e. The first kappa shape index (κ1) is 107. The van der Waals surface area contributed by atoms with E-state index in [4.69, 9.17) is 10.8 Å². The summed E-state index contributed by atoms with van der Waals surface area (Å²) in [5.41, 5.74) is 6.99. The number of para-hydroxylation sites is 2. The topological polar surface area (TPSA) is 750 Å². The molecule has 13 amide bonds. The Morgan fingerprint density at radius 3 is 1.46 bits per heavy atom. The number of aliphatic hydroxyl groups excluding tert-OH is 10. The van der Waals surface area contributed by atoms with E-state index in [-0.39, 0.29) is 55.6 Å². The number of carbonyl (C=O) groups is 17. The summed E-state index contributed by atoms with van der Waals surface area (Å²) in [4.78, 5) is 230. The van der Waals surface area contributed by atoms with Crippen molar-refractivity contribution in [2.45, 2.75) is 252 Å². The van der Waals surface area contributed by atoms with E-state index in [0.29, 0.717) is 31.4 Å². The quantitative estimate of drug-likeness (QED) is 0.0216. The van der Waals surface area contributed by atoms with Gasteiger partial charge in [0.05, 0.1) is 49.8 Å². The Morgan fingerprint density at radius 2 is 0.960 bits per heavy atom. The number of hydrogen-bond donors (Lipinski definition) is 28. The predicted octanol–water partition coefficient (Wildman–Crippen LogP) is -6.72. The number of carboxylic acids is 4. The number of aliphatic carboxylic acids is 4. The van der Waals surface area contributed by atoms with Gasteiger partial charge in [0, 0.05) is 93.3 Å². The molecule has 1 heterocycles. The molecule has 0 aromatic heterocycles. The number of Topliss-reactive ketones (excluding diaryl/α,β-unsaturated/α-hetero) is 1. The van der Waals surface area contributed by atoms with E-state index in [1.54, 1.807) is 45.0 Å². The Hall–Kier alpha value is -10.9. The predicted molar refractivity (Wildman–Crippen MR) is 447 cm³/mol. The Labute approximate surface area is 729 Å². The highest BCUT2D eigenvalue weighted by atomic mass is 32.1. The molecule has 1 fully saturated rings. The average Bonchev–Trinajstić information content (AvgIpc) is 1.62. The number of fused-ring (bicyclic) bond motifs is 1. The molecule has 1 aliphatic heterocycles. The lowest BCUT2D eigenvalue weighted by Gasteiger charge is -2.37. The number of unbranched alkanes of at least 4 members (excludes halogenated alkanes) is 4. The minimum Gasteiger partial charge on any atom is -0.481 e. The molecule has 28 N–H and O–H groups in total. The molecule has 0 spiro atoms. The summed E-state index contributed by atoms with van der Waals surface area (Å²) in [5, 5.41) is 166. The number of carboxylic acid groups (broad SMARTS) is 4. The molecular weight excluding hydrogens is 1690 g/mol. The molecule has 4 rings (SSSR count). The number of aliphatic hydroxyl groups is 10. The van der Waals surface area contributed by atoms with Gasteiger partial charge in [-0.1, -0.05) is 77.5 Å². The lowest BCUT2D eigenvalue weighted by atomic mass is 9.90. The number of urea groups is 1. The second kappa shape index (κ2) is 54.2. The highest BCUT2D eigenvalue weighted by Gasteiger charge is 2.42. The highest BCUT2D eigenvalue weighted by molar-refractivity contribution is 7.80. The van der Waals surface area contributed by atoms with Crippen LogP contribution in [0.15, 0.2) is 48.5 Å². The first-order valence-corrected chi connectivity index (χ1v) is 41.7. The van der Waals surface area contributed by atoms with Crippen LogP contribution in [-0.2, 0) is 71.9 Å². The first-order chi connectivity index (χ1) is 59.4. The number of thiol groups is 1. The van der Waals surface area contributed by atoms with Crippen LogP contribution in [0, 0.1) is 5.41 Å². The number of amides is 13. The number of anilines is 3. The van der Waals surface area contributed by atoms with Crippen LogP contribution in [-0.4, -0.2) is 334 Å². The number of carbonyl (C=O) groups excluding carboxylic acids is 13. The summed E-state index contributed by atoms with van der Waals surface area (Å²) in [6.45, 7) is 0.601. The van der Waals surface area contributed by atoms with Crippen LogP contribution < -0.4 is 79.3 Å². The zero-order valence-corrected chi connectivity index (χ0v) is 71.0. The van der Waals surface area contributed by atoms with Crippen LogP contribution >= 0.6 is 12.6 Å². The molecule has 1 aliphatic carbocycles. The van der Waals surface area contributed by atoms with E-state index in [1.165, 1.54) is 17.0 Å². The molecule has 126 heavy (non-hydrogen) atoms. The van der Waals surface area contributed by atoms with Gasteiger partial charge in [0.25, 0.3) is 11.8 Å². The maximum Gasteiger partial charge on any atom is 0.327 e. The minimum atomic E-state index is -2.18. The Bertz CT molecular complexity index is 4030. The zero-order chi connectivity index (χ0) is 94.2. The summed E-state index contributed by atoms with van der Waals surface area (Å²) in [6.07, 6.45) is -17.7. The normalized spacial score (nSPS) is 17.1. The molecule has 47 heteroatoms. The van der Waals surface area contributed by atoms with Crippen LogP contribution in [0.5, 0.6) is 0 Å². The minimum absolute atomic E-state index is 0.0811. The van der Waals surface area contributed by atoms with Crippen molar-refractivity contribution in [3.63, 3.8) is 0 Å². The molecule has 2 aromatic carbocycles. The third-order valence-corrected chi connectivity index (χ3v) is 21.0. The maximum atomic E-state index is 14.6. The number of rotatable bonds is 56. The standard InChI is InChI=1S/C79H121N15O31S/c1-79(2,3)58(101)37-94-53-20-12-11-19-52(53)93(43-17-8-7-9-18-43)36-50(76(94)122)92-78(125)85-42-16-14-15-41(31-42)69(115)81-30-13-6-4-5-10-21-61(104)86-46(24-28-62(105)106)72(118)88-47(23-27-60(103)83-35-55(98)66(112)68(114)57(100)39-96)73(119)89-48(25-29-63(107)108)74(120)87-45(22-26-59(102)82-34-54(97)65(111)67(113)56(99)38-95)71(117)84-33-44(80)70(116)90-49(32-64(109)110)75(121)91-51(40-126)77(123)124/h11-12,14-16,19-20,31,43-51,54-57,65-68,95-100,111-114,126H,4-10,13,17-18,21-30,32-40,80H2,1-3H3,(H,81,115)(H,82,102)(H,83,103)(H,84,117)(H,86,104)(H,87,120)(H,88,118)(H,89,119)(H,90,116)(H,91,121)(H,105,106)(H,107,108)(H,109,110)(H,123,124)(H2,85,92,125)/t44-,45+,46+,47+,48+,49-,50-,51-,54+,55+,56+,57+,65-,66-,67-,68-/m0/s1. The highest BCUT2D eigenvalue weighted by Crippen LogP contribution is 2.38. The zero-order valence-electron chi connectivity index (χ0n) is 70.1. The van der Waals surface area contributed by atoms with E-state index in [0.717, 1.165) is 37.8 Å². The summed E-state index contributed by atoms with van der Waals surface area (Å²) in [6, 6.07) is -1.75. The lowest BCUT2D eigenvalue weighted by molar-refractivity contribution is -0.143. The molecule has 0 radical (unpaired) electrons. The Morgan fingerprint density at radius 1 is 0.492 bits per heavy atom. The van der Waals surface area contributed by atoms with Gasteiger partial charge in [-0.25, -0.2) is 9.59 Å². The number of nitrogens with one attached hydrogen (secondary N) is 12. The van der Waals surface area contributed by atoms with Gasteiger partial charge in [-0.3, -0.25) is 71.9 Å². The van der Waals surface area contributed by atoms with Crippen LogP contribution in [0.4, 0.5) is 21.9 Å². The van der Waals surface area contributed by atoms with E-state index < -0.39 is 294 Å². The van der Waals surface area contributed by atoms with Crippen LogP contribution in [0.3, 0.4) is 0 Å². The molecule has 704 valence electrons. The van der Waals surface area contributed by atoms with Gasteiger partial charge >= 0.3 is 29.9 Å². The fraction of sp³-hybridized carbons (Fsp3) is 0.633. The summed E-state index contributed by atoms with van der Waals surface area (Å²) < 4.78 is 0. The van der Waals surface area contributed by atoms with Crippen LogP contribution in [0.25, 0.3) is 0 Å². The molecule has 16 atom stereocenters. The third-order valence-electron chi connectivity index (χ3n) is 20.6. The van der Waals surface area contributed by atoms with Gasteiger partial charge < -0.3 is 151 Å². The number of benzene rings is 2. The van der Waals surface area contributed by atoms with E-state index in [2.05, 4.69) is 70.7 Å². The lowest BCUT2D eigenvalue weighted by Crippen LogP contribution is -2.59. The van der Waals surface area contributed by atoms with Crippen molar-refractivity contribution in [1.29, 1.82) is 0 Å². The van der Waals surface area contributed by atoms with Crippen molar-refractivity contribution in [2.75, 3.05) is 73.4 Å². The second-order valence-electron chi connectivity index (χ2n) is 31.6. The fourth-order valence-electron chi connectivity index (χ4n) is 13.1. The summed E-state index contributed by atoms with van der Waals surface area (Å²) in [7, 11) is 0. The van der Waals surface area contributed by atoms with Crippen molar-refractivity contribution in [3.8, 4) is 0 Å². The molecule has 0 bridgehead atoms.